The van der Waals surface area contributed by atoms with Crippen LogP contribution >= 0.6 is 39.9 Å². The fourth-order valence-electron chi connectivity index (χ4n) is 4.33. The number of fused-ring (bicyclic) bond motifs is 3. The zero-order chi connectivity index (χ0) is 17.9. The first-order valence-electron chi connectivity index (χ1n) is 9.66. The van der Waals surface area contributed by atoms with Gasteiger partial charge in [0.2, 0.25) is 0 Å². The van der Waals surface area contributed by atoms with Gasteiger partial charge in [0, 0.05) is 76.0 Å². The Balaban J connectivity index is 0.00000210. The van der Waals surface area contributed by atoms with E-state index in [4.69, 9.17) is 0 Å². The van der Waals surface area contributed by atoms with Gasteiger partial charge in [-0.25, -0.2) is 0 Å². The normalized spacial score (nSPS) is 30.1. The molecule has 4 aliphatic heterocycles. The topological polar surface area (TPSA) is 46.1 Å². The summed E-state index contributed by atoms with van der Waals surface area (Å²) in [6.07, 6.45) is 1.13. The number of hydrogen-bond acceptors (Lipinski definition) is 4. The Bertz CT molecular complexity index is 649. The second-order valence-corrected chi connectivity index (χ2v) is 8.33. The minimum Gasteiger partial charge on any atom is -0.368 e. The van der Waals surface area contributed by atoms with Crippen LogP contribution in [-0.4, -0.2) is 87.2 Å². The fourth-order valence-corrected chi connectivity index (χ4v) is 4.86. The molecule has 1 aromatic carbocycles. The van der Waals surface area contributed by atoms with Crippen LogP contribution in [0.2, 0.25) is 0 Å². The van der Waals surface area contributed by atoms with Gasteiger partial charge in [-0.3, -0.25) is 14.8 Å². The van der Waals surface area contributed by atoms with Crippen LogP contribution < -0.4 is 15.5 Å². The van der Waals surface area contributed by atoms with E-state index in [1.54, 1.807) is 0 Å². The molecule has 0 saturated carbocycles. The van der Waals surface area contributed by atoms with Gasteiger partial charge in [0.25, 0.3) is 0 Å². The lowest BCUT2D eigenvalue weighted by molar-refractivity contribution is 0.0154. The summed E-state index contributed by atoms with van der Waals surface area (Å²) in [4.78, 5) is 12.1. The third kappa shape index (κ3) is 5.07. The number of piperazine rings is 3. The predicted molar refractivity (Wildman–Crippen MR) is 126 cm³/mol. The number of hydrogen-bond donors (Lipinski definition) is 2. The maximum Gasteiger partial charge on any atom is 0.191 e. The molecule has 0 spiro atoms. The first-order valence-corrected chi connectivity index (χ1v) is 10.5. The van der Waals surface area contributed by atoms with Crippen molar-refractivity contribution < 1.29 is 0 Å². The van der Waals surface area contributed by atoms with Gasteiger partial charge in [0.15, 0.2) is 5.96 Å². The summed E-state index contributed by atoms with van der Waals surface area (Å²) in [5.74, 6) is 0.932. The standard InChI is InChI=1S/C19H29BrN6.HI/c1-21-19(22-12-16-14-24-8-10-25(16)11-9-24)23-15-6-7-26(13-15)18-5-3-2-4-17(18)20;/h2-5,15-16H,6-14H2,1H3,(H2,21,22,23);1H. The molecule has 2 atom stereocenters. The van der Waals surface area contributed by atoms with Crippen molar-refractivity contribution in [3.63, 3.8) is 0 Å². The molecule has 27 heavy (non-hydrogen) atoms. The Morgan fingerprint density at radius 1 is 1.15 bits per heavy atom. The molecule has 4 aliphatic rings. The number of benzene rings is 1. The highest BCUT2D eigenvalue weighted by Crippen LogP contribution is 2.28. The summed E-state index contributed by atoms with van der Waals surface area (Å²) in [7, 11) is 1.87. The summed E-state index contributed by atoms with van der Waals surface area (Å²) >= 11 is 3.67. The van der Waals surface area contributed by atoms with Gasteiger partial charge in [-0.15, -0.1) is 24.0 Å². The Hall–Kier alpha value is -0.580. The SMILES string of the molecule is CN=C(NCC1CN2CCN1CC2)NC1CCN(c2ccccc2Br)C1.I. The molecule has 8 heteroatoms. The van der Waals surface area contributed by atoms with Crippen LogP contribution in [0.25, 0.3) is 0 Å². The summed E-state index contributed by atoms with van der Waals surface area (Å²) in [6, 6.07) is 9.50. The third-order valence-electron chi connectivity index (χ3n) is 5.84. The highest BCUT2D eigenvalue weighted by Gasteiger charge is 2.32. The first-order chi connectivity index (χ1) is 12.7. The Labute approximate surface area is 187 Å². The Morgan fingerprint density at radius 3 is 2.59 bits per heavy atom. The molecule has 2 unspecified atom stereocenters. The molecule has 2 bridgehead atoms. The molecule has 2 N–H and O–H groups in total. The Kier molecular flexibility index (Phi) is 7.64. The van der Waals surface area contributed by atoms with Gasteiger partial charge in [-0.05, 0) is 34.5 Å². The van der Waals surface area contributed by atoms with Gasteiger partial charge in [-0.1, -0.05) is 12.1 Å². The lowest BCUT2D eigenvalue weighted by atomic mass is 10.1. The lowest BCUT2D eigenvalue weighted by Crippen LogP contribution is -2.64. The first kappa shape index (κ1) is 21.1. The van der Waals surface area contributed by atoms with Crippen LogP contribution in [0, 0.1) is 0 Å². The number of rotatable bonds is 4. The Morgan fingerprint density at radius 2 is 1.93 bits per heavy atom. The molecule has 0 radical (unpaired) electrons. The van der Waals surface area contributed by atoms with Crippen molar-refractivity contribution in [3.05, 3.63) is 28.7 Å². The monoisotopic (exact) mass is 548 g/mol. The summed E-state index contributed by atoms with van der Waals surface area (Å²) in [5, 5.41) is 7.18. The smallest absolute Gasteiger partial charge is 0.191 e. The van der Waals surface area contributed by atoms with E-state index in [0.29, 0.717) is 12.1 Å². The molecule has 4 fully saturated rings. The maximum absolute atomic E-state index is 4.45. The number of aliphatic imine (C=N–C) groups is 1. The average molecular weight is 549 g/mol. The average Bonchev–Trinajstić information content (AvgIpc) is 3.14. The van der Waals surface area contributed by atoms with E-state index in [1.807, 2.05) is 7.05 Å². The molecule has 5 rings (SSSR count). The summed E-state index contributed by atoms with van der Waals surface area (Å²) in [5.41, 5.74) is 1.28. The molecule has 150 valence electrons. The van der Waals surface area contributed by atoms with Gasteiger partial charge in [0.05, 0.1) is 5.69 Å². The molecule has 1 aromatic rings. The molecule has 6 nitrogen and oxygen atoms in total. The van der Waals surface area contributed by atoms with E-state index < -0.39 is 0 Å². The van der Waals surface area contributed by atoms with Gasteiger partial charge >= 0.3 is 0 Å². The second-order valence-electron chi connectivity index (χ2n) is 7.47. The van der Waals surface area contributed by atoms with Crippen LogP contribution in [0.3, 0.4) is 0 Å². The molecule has 0 aromatic heterocycles. The molecule has 0 amide bonds. The summed E-state index contributed by atoms with van der Waals surface area (Å²) in [6.45, 7) is 9.12. The lowest BCUT2D eigenvalue weighted by Gasteiger charge is -2.47. The van der Waals surface area contributed by atoms with E-state index in [2.05, 4.69) is 70.5 Å². The minimum atomic E-state index is 0. The predicted octanol–water partition coefficient (Wildman–Crippen LogP) is 1.81. The van der Waals surface area contributed by atoms with E-state index >= 15 is 0 Å². The zero-order valence-electron chi connectivity index (χ0n) is 15.9. The molecule has 4 saturated heterocycles. The number of guanidine groups is 1. The van der Waals surface area contributed by atoms with Gasteiger partial charge < -0.3 is 15.5 Å². The molecular weight excluding hydrogens is 519 g/mol. The van der Waals surface area contributed by atoms with Crippen molar-refractivity contribution in [1.82, 2.24) is 20.4 Å². The van der Waals surface area contributed by atoms with Crippen LogP contribution in [0.1, 0.15) is 6.42 Å². The summed E-state index contributed by atoms with van der Waals surface area (Å²) < 4.78 is 1.17. The fraction of sp³-hybridized carbons (Fsp3) is 0.632. The number of para-hydroxylation sites is 1. The zero-order valence-corrected chi connectivity index (χ0v) is 19.8. The van der Waals surface area contributed by atoms with Crippen molar-refractivity contribution in [3.8, 4) is 0 Å². The van der Waals surface area contributed by atoms with E-state index in [0.717, 1.165) is 32.0 Å². The molecular formula is C19H30BrIN6. The van der Waals surface area contributed by atoms with E-state index in [-0.39, 0.29) is 24.0 Å². The van der Waals surface area contributed by atoms with Crippen molar-refractivity contribution in [2.24, 2.45) is 4.99 Å². The quantitative estimate of drug-likeness (QED) is 0.341. The van der Waals surface area contributed by atoms with E-state index in [1.165, 1.54) is 42.9 Å². The van der Waals surface area contributed by atoms with Crippen molar-refractivity contribution in [2.75, 3.05) is 64.3 Å². The molecule has 4 heterocycles. The maximum atomic E-state index is 4.45. The molecule has 0 aliphatic carbocycles. The third-order valence-corrected chi connectivity index (χ3v) is 6.51. The van der Waals surface area contributed by atoms with Crippen LogP contribution in [0.15, 0.2) is 33.7 Å². The number of halogens is 2. The van der Waals surface area contributed by atoms with Crippen LogP contribution in [-0.2, 0) is 0 Å². The van der Waals surface area contributed by atoms with Crippen molar-refractivity contribution >= 4 is 51.6 Å². The second kappa shape index (κ2) is 9.76. The van der Waals surface area contributed by atoms with Crippen molar-refractivity contribution in [1.29, 1.82) is 0 Å². The van der Waals surface area contributed by atoms with Gasteiger partial charge in [-0.2, -0.15) is 0 Å². The highest BCUT2D eigenvalue weighted by atomic mass is 127. The van der Waals surface area contributed by atoms with Crippen LogP contribution in [0.5, 0.6) is 0 Å². The number of nitrogens with zero attached hydrogens (tertiary/aromatic N) is 4. The van der Waals surface area contributed by atoms with Crippen molar-refractivity contribution in [2.45, 2.75) is 18.5 Å². The highest BCUT2D eigenvalue weighted by molar-refractivity contribution is 14.0. The minimum absolute atomic E-state index is 0. The van der Waals surface area contributed by atoms with Crippen LogP contribution in [0.4, 0.5) is 5.69 Å². The number of nitrogens with one attached hydrogen (secondary N) is 2. The number of anilines is 1. The van der Waals surface area contributed by atoms with Gasteiger partial charge in [0.1, 0.15) is 0 Å². The van der Waals surface area contributed by atoms with E-state index in [9.17, 15) is 0 Å². The largest absolute Gasteiger partial charge is 0.368 e.